The number of aryl methyl sites for hydroxylation is 1. The Balaban J connectivity index is 0.00000560. The molecule has 1 atom stereocenters. The van der Waals surface area contributed by atoms with Crippen LogP contribution in [0.15, 0.2) is 54.6 Å². The van der Waals surface area contributed by atoms with Gasteiger partial charge in [-0.05, 0) is 68.2 Å². The van der Waals surface area contributed by atoms with Gasteiger partial charge in [0.05, 0.1) is 23.7 Å². The van der Waals surface area contributed by atoms with Crippen molar-refractivity contribution in [1.82, 2.24) is 15.2 Å². The first-order chi connectivity index (χ1) is 18.4. The van der Waals surface area contributed by atoms with Crippen LogP contribution in [-0.4, -0.2) is 60.2 Å². The summed E-state index contributed by atoms with van der Waals surface area (Å²) < 4.78 is 6.00. The van der Waals surface area contributed by atoms with E-state index in [1.807, 2.05) is 84.3 Å². The SMILES string of the molecule is Cc1ccccc1-c1ccc(C(=O)N[C@@H](CC(=O)O)C(C)(C)C)nc1-c1ccc(Cl)c(OCCCN(C)C)c1.Cl. The molecule has 0 aliphatic heterocycles. The number of halogens is 2. The number of pyridine rings is 1. The molecule has 0 spiro atoms. The highest BCUT2D eigenvalue weighted by atomic mass is 35.5. The third-order valence-corrected chi connectivity index (χ3v) is 6.82. The number of nitrogens with zero attached hydrogens (tertiary/aromatic N) is 2. The summed E-state index contributed by atoms with van der Waals surface area (Å²) in [5.74, 6) is -0.851. The van der Waals surface area contributed by atoms with Crippen LogP contribution < -0.4 is 10.1 Å². The number of hydrogen-bond donors (Lipinski definition) is 2. The smallest absolute Gasteiger partial charge is 0.305 e. The first kappa shape index (κ1) is 33.1. The molecule has 0 aliphatic rings. The number of aliphatic carboxylic acids is 1. The highest BCUT2D eigenvalue weighted by Crippen LogP contribution is 2.36. The number of ether oxygens (including phenoxy) is 1. The number of carboxylic acid groups (broad SMARTS) is 1. The average Bonchev–Trinajstić information content (AvgIpc) is 2.86. The summed E-state index contributed by atoms with van der Waals surface area (Å²) in [7, 11) is 4.03. The molecule has 7 nitrogen and oxygen atoms in total. The maximum Gasteiger partial charge on any atom is 0.305 e. The Morgan fingerprint density at radius 3 is 2.40 bits per heavy atom. The third-order valence-electron chi connectivity index (χ3n) is 6.50. The van der Waals surface area contributed by atoms with Gasteiger partial charge in [-0.2, -0.15) is 0 Å². The number of carbonyl (C=O) groups is 2. The normalized spacial score (nSPS) is 12.0. The highest BCUT2D eigenvalue weighted by Gasteiger charge is 2.29. The van der Waals surface area contributed by atoms with Crippen LogP contribution in [-0.2, 0) is 4.79 Å². The molecule has 1 amide bonds. The fourth-order valence-electron chi connectivity index (χ4n) is 4.20. The minimum Gasteiger partial charge on any atom is -0.492 e. The van der Waals surface area contributed by atoms with E-state index in [2.05, 4.69) is 10.2 Å². The maximum atomic E-state index is 13.3. The number of aromatic nitrogens is 1. The van der Waals surface area contributed by atoms with Gasteiger partial charge in [0.2, 0.25) is 0 Å². The molecule has 1 aromatic heterocycles. The minimum absolute atomic E-state index is 0. The number of hydrogen-bond acceptors (Lipinski definition) is 5. The van der Waals surface area contributed by atoms with Gasteiger partial charge < -0.3 is 20.1 Å². The second kappa shape index (κ2) is 14.5. The lowest BCUT2D eigenvalue weighted by Crippen LogP contribution is -2.45. The molecule has 2 aromatic carbocycles. The van der Waals surface area contributed by atoms with Gasteiger partial charge in [0.15, 0.2) is 0 Å². The molecule has 0 bridgehead atoms. The molecule has 0 unspecified atom stereocenters. The van der Waals surface area contributed by atoms with Crippen molar-refractivity contribution >= 4 is 35.9 Å². The van der Waals surface area contributed by atoms with E-state index in [1.165, 1.54) is 0 Å². The highest BCUT2D eigenvalue weighted by molar-refractivity contribution is 6.32. The van der Waals surface area contributed by atoms with Crippen LogP contribution in [0.3, 0.4) is 0 Å². The van der Waals surface area contributed by atoms with Crippen LogP contribution in [0.4, 0.5) is 0 Å². The third kappa shape index (κ3) is 8.95. The van der Waals surface area contributed by atoms with Crippen molar-refractivity contribution in [3.05, 3.63) is 70.9 Å². The van der Waals surface area contributed by atoms with Gasteiger partial charge in [-0.25, -0.2) is 4.98 Å². The van der Waals surface area contributed by atoms with E-state index < -0.39 is 23.3 Å². The second-order valence-corrected chi connectivity index (χ2v) is 11.5. The summed E-state index contributed by atoms with van der Waals surface area (Å²) >= 11 is 6.46. The number of nitrogens with one attached hydrogen (secondary N) is 1. The molecule has 40 heavy (non-hydrogen) atoms. The molecule has 2 N–H and O–H groups in total. The zero-order chi connectivity index (χ0) is 28.7. The van der Waals surface area contributed by atoms with Crippen LogP contribution in [0.5, 0.6) is 5.75 Å². The molecule has 9 heteroatoms. The van der Waals surface area contributed by atoms with Gasteiger partial charge in [0, 0.05) is 23.7 Å². The zero-order valence-electron chi connectivity index (χ0n) is 24.0. The van der Waals surface area contributed by atoms with Gasteiger partial charge >= 0.3 is 5.97 Å². The molecule has 3 rings (SSSR count). The van der Waals surface area contributed by atoms with E-state index >= 15 is 0 Å². The van der Waals surface area contributed by atoms with Crippen LogP contribution in [0.25, 0.3) is 22.4 Å². The minimum atomic E-state index is -0.974. The summed E-state index contributed by atoms with van der Waals surface area (Å²) in [5, 5.41) is 12.8. The van der Waals surface area contributed by atoms with E-state index in [4.69, 9.17) is 21.3 Å². The number of carbonyl (C=O) groups excluding carboxylic acids is 1. The van der Waals surface area contributed by atoms with Crippen molar-refractivity contribution in [3.8, 4) is 28.1 Å². The number of benzene rings is 2. The molecular formula is C31H39Cl2N3O4. The van der Waals surface area contributed by atoms with Crippen LogP contribution in [0.1, 0.15) is 49.7 Å². The van der Waals surface area contributed by atoms with Gasteiger partial charge in [0.25, 0.3) is 5.91 Å². The Bertz CT molecular complexity index is 1320. The van der Waals surface area contributed by atoms with E-state index in [1.54, 1.807) is 12.1 Å². The quantitative estimate of drug-likeness (QED) is 0.241. The first-order valence-electron chi connectivity index (χ1n) is 13.0. The number of rotatable bonds is 11. The molecule has 0 aliphatic carbocycles. The fourth-order valence-corrected chi connectivity index (χ4v) is 4.37. The van der Waals surface area contributed by atoms with Gasteiger partial charge in [-0.3, -0.25) is 9.59 Å². The molecular weight excluding hydrogens is 549 g/mol. The van der Waals surface area contributed by atoms with Crippen molar-refractivity contribution in [1.29, 1.82) is 0 Å². The Kier molecular flexibility index (Phi) is 12.0. The largest absolute Gasteiger partial charge is 0.492 e. The van der Waals surface area contributed by atoms with Gasteiger partial charge in [-0.1, -0.05) is 62.7 Å². The summed E-state index contributed by atoms with van der Waals surface area (Å²) in [6.45, 7) is 9.13. The Labute approximate surface area is 248 Å². The van der Waals surface area contributed by atoms with Crippen molar-refractivity contribution < 1.29 is 19.4 Å². The van der Waals surface area contributed by atoms with Crippen molar-refractivity contribution in [3.63, 3.8) is 0 Å². The zero-order valence-corrected chi connectivity index (χ0v) is 25.5. The predicted octanol–water partition coefficient (Wildman–Crippen LogP) is 6.75. The molecule has 3 aromatic rings. The predicted molar refractivity (Wildman–Crippen MR) is 164 cm³/mol. The first-order valence-corrected chi connectivity index (χ1v) is 13.4. The van der Waals surface area contributed by atoms with Crippen LogP contribution in [0.2, 0.25) is 5.02 Å². The van der Waals surface area contributed by atoms with Crippen LogP contribution in [0, 0.1) is 12.3 Å². The summed E-state index contributed by atoms with van der Waals surface area (Å²) in [6, 6.07) is 16.5. The van der Waals surface area contributed by atoms with Gasteiger partial charge in [-0.15, -0.1) is 12.4 Å². The molecule has 0 saturated carbocycles. The lowest BCUT2D eigenvalue weighted by Gasteiger charge is -2.30. The molecule has 0 saturated heterocycles. The second-order valence-electron chi connectivity index (χ2n) is 11.0. The van der Waals surface area contributed by atoms with Crippen molar-refractivity contribution in [2.24, 2.45) is 5.41 Å². The van der Waals surface area contributed by atoms with E-state index in [0.717, 1.165) is 35.2 Å². The molecule has 1 heterocycles. The molecule has 0 radical (unpaired) electrons. The monoisotopic (exact) mass is 587 g/mol. The van der Waals surface area contributed by atoms with E-state index in [-0.39, 0.29) is 24.5 Å². The fraction of sp³-hybridized carbons (Fsp3) is 0.387. The Hall–Kier alpha value is -3.13. The lowest BCUT2D eigenvalue weighted by molar-refractivity contribution is -0.138. The summed E-state index contributed by atoms with van der Waals surface area (Å²) in [5.41, 5.74) is 4.04. The van der Waals surface area contributed by atoms with E-state index in [0.29, 0.717) is 23.1 Å². The van der Waals surface area contributed by atoms with E-state index in [9.17, 15) is 14.7 Å². The Morgan fingerprint density at radius 2 is 1.77 bits per heavy atom. The molecule has 0 fully saturated rings. The van der Waals surface area contributed by atoms with Crippen molar-refractivity contribution in [2.75, 3.05) is 27.2 Å². The van der Waals surface area contributed by atoms with Crippen LogP contribution >= 0.6 is 24.0 Å². The Morgan fingerprint density at radius 1 is 1.07 bits per heavy atom. The number of amides is 1. The maximum absolute atomic E-state index is 13.3. The molecule has 216 valence electrons. The van der Waals surface area contributed by atoms with Crippen molar-refractivity contribution in [2.45, 2.75) is 46.6 Å². The summed E-state index contributed by atoms with van der Waals surface area (Å²) in [6.07, 6.45) is 0.663. The lowest BCUT2D eigenvalue weighted by atomic mass is 9.84. The topological polar surface area (TPSA) is 91.8 Å². The number of carboxylic acids is 1. The average molecular weight is 589 g/mol. The van der Waals surface area contributed by atoms with Gasteiger partial charge in [0.1, 0.15) is 11.4 Å². The standard InChI is InChI=1S/C31H38ClN3O4.ClH/c1-20-10-7-8-11-22(20)23-13-15-25(30(38)34-27(19-28(36)37)31(2,3)4)33-29(23)21-12-14-24(32)26(18-21)39-17-9-16-35(5)6;/h7-8,10-15,18,27H,9,16-17,19H2,1-6H3,(H,34,38)(H,36,37);1H/t27-;/m0./s1. The summed E-state index contributed by atoms with van der Waals surface area (Å²) in [4.78, 5) is 31.7.